The highest BCUT2D eigenvalue weighted by Crippen LogP contribution is 2.20. The number of para-hydroxylation sites is 1. The summed E-state index contributed by atoms with van der Waals surface area (Å²) in [5, 5.41) is 7.25. The lowest BCUT2D eigenvalue weighted by molar-refractivity contribution is 0.588. The van der Waals surface area contributed by atoms with Crippen molar-refractivity contribution in [1.82, 2.24) is 14.5 Å². The van der Waals surface area contributed by atoms with Crippen molar-refractivity contribution in [2.75, 3.05) is 18.9 Å². The Kier molecular flexibility index (Phi) is 4.41. The van der Waals surface area contributed by atoms with E-state index >= 15 is 0 Å². The molecule has 1 aromatic carbocycles. The van der Waals surface area contributed by atoms with E-state index in [2.05, 4.69) is 15.1 Å². The molecule has 0 spiro atoms. The maximum Gasteiger partial charge on any atom is 0.242 e. The van der Waals surface area contributed by atoms with Gasteiger partial charge >= 0.3 is 0 Å². The second-order valence-corrected chi connectivity index (χ2v) is 6.18. The van der Waals surface area contributed by atoms with Gasteiger partial charge < -0.3 is 5.32 Å². The summed E-state index contributed by atoms with van der Waals surface area (Å²) in [5.74, 6) is 0. The predicted molar refractivity (Wildman–Crippen MR) is 78.1 cm³/mol. The molecule has 2 aromatic rings. The first-order chi connectivity index (χ1) is 9.54. The lowest BCUT2D eigenvalue weighted by Gasteiger charge is -2.12. The molecule has 0 aliphatic heterocycles. The van der Waals surface area contributed by atoms with Gasteiger partial charge in [-0.3, -0.25) is 4.68 Å². The molecule has 2 rings (SSSR count). The van der Waals surface area contributed by atoms with Gasteiger partial charge in [-0.2, -0.15) is 5.10 Å². The van der Waals surface area contributed by atoms with Crippen molar-refractivity contribution in [2.24, 2.45) is 7.05 Å². The van der Waals surface area contributed by atoms with E-state index in [0.717, 1.165) is 12.1 Å². The molecule has 7 heteroatoms. The van der Waals surface area contributed by atoms with Crippen LogP contribution in [0.1, 0.15) is 5.69 Å². The van der Waals surface area contributed by atoms with Crippen LogP contribution in [0.25, 0.3) is 0 Å². The summed E-state index contributed by atoms with van der Waals surface area (Å²) < 4.78 is 27.9. The molecule has 6 nitrogen and oxygen atoms in total. The number of anilines is 1. The number of rotatable bonds is 6. The van der Waals surface area contributed by atoms with Crippen LogP contribution >= 0.6 is 0 Å². The summed E-state index contributed by atoms with van der Waals surface area (Å²) in [4.78, 5) is 0.257. The SMILES string of the molecule is CNS(=O)(=O)c1ccccc1NCCc1ccnn1C. The highest BCUT2D eigenvalue weighted by molar-refractivity contribution is 7.89. The first-order valence-corrected chi connectivity index (χ1v) is 7.76. The van der Waals surface area contributed by atoms with Crippen molar-refractivity contribution in [3.8, 4) is 0 Å². The maximum absolute atomic E-state index is 11.9. The van der Waals surface area contributed by atoms with Crippen molar-refractivity contribution in [2.45, 2.75) is 11.3 Å². The van der Waals surface area contributed by atoms with E-state index in [9.17, 15) is 8.42 Å². The molecule has 0 fully saturated rings. The van der Waals surface area contributed by atoms with E-state index in [-0.39, 0.29) is 4.90 Å². The van der Waals surface area contributed by atoms with Crippen molar-refractivity contribution in [3.63, 3.8) is 0 Å². The van der Waals surface area contributed by atoms with Crippen LogP contribution < -0.4 is 10.0 Å². The molecule has 2 N–H and O–H groups in total. The fraction of sp³-hybridized carbons (Fsp3) is 0.308. The Morgan fingerprint density at radius 3 is 2.65 bits per heavy atom. The Labute approximate surface area is 118 Å². The third-order valence-electron chi connectivity index (χ3n) is 3.06. The standard InChI is InChI=1S/C13H18N4O2S/c1-14-20(18,19)13-6-4-3-5-12(13)15-9-7-11-8-10-16-17(11)2/h3-6,8,10,14-15H,7,9H2,1-2H3. The molecule has 0 aliphatic carbocycles. The van der Waals surface area contributed by atoms with Gasteiger partial charge in [-0.15, -0.1) is 0 Å². The van der Waals surface area contributed by atoms with Crippen molar-refractivity contribution >= 4 is 15.7 Å². The van der Waals surface area contributed by atoms with Gasteiger partial charge in [0.25, 0.3) is 0 Å². The van der Waals surface area contributed by atoms with Gasteiger partial charge in [-0.1, -0.05) is 12.1 Å². The third-order valence-corrected chi connectivity index (χ3v) is 4.54. The van der Waals surface area contributed by atoms with Crippen LogP contribution in [0.4, 0.5) is 5.69 Å². The Hall–Kier alpha value is -1.86. The molecule has 0 saturated carbocycles. The predicted octanol–water partition coefficient (Wildman–Crippen LogP) is 0.983. The molecule has 0 unspecified atom stereocenters. The minimum Gasteiger partial charge on any atom is -0.384 e. The zero-order valence-corrected chi connectivity index (χ0v) is 12.3. The molecule has 0 saturated heterocycles. The fourth-order valence-electron chi connectivity index (χ4n) is 1.93. The van der Waals surface area contributed by atoms with Crippen LogP contribution in [-0.2, 0) is 23.5 Å². The number of hydrogen-bond acceptors (Lipinski definition) is 4. The summed E-state index contributed by atoms with van der Waals surface area (Å²) >= 11 is 0. The number of sulfonamides is 1. The Morgan fingerprint density at radius 2 is 2.00 bits per heavy atom. The van der Waals surface area contributed by atoms with Crippen LogP contribution in [0.2, 0.25) is 0 Å². The highest BCUT2D eigenvalue weighted by atomic mass is 32.2. The van der Waals surface area contributed by atoms with E-state index in [1.54, 1.807) is 35.1 Å². The van der Waals surface area contributed by atoms with Gasteiger partial charge in [0.1, 0.15) is 4.90 Å². The number of hydrogen-bond donors (Lipinski definition) is 2. The summed E-state index contributed by atoms with van der Waals surface area (Å²) in [7, 11) is -0.163. The average Bonchev–Trinajstić information content (AvgIpc) is 2.85. The maximum atomic E-state index is 11.9. The lowest BCUT2D eigenvalue weighted by Crippen LogP contribution is -2.20. The largest absolute Gasteiger partial charge is 0.384 e. The van der Waals surface area contributed by atoms with Gasteiger partial charge in [0.2, 0.25) is 10.0 Å². The zero-order chi connectivity index (χ0) is 14.6. The third kappa shape index (κ3) is 3.17. The lowest BCUT2D eigenvalue weighted by atomic mass is 10.3. The second kappa shape index (κ2) is 6.06. The smallest absolute Gasteiger partial charge is 0.242 e. The number of aromatic nitrogens is 2. The van der Waals surface area contributed by atoms with E-state index in [1.807, 2.05) is 13.1 Å². The molecule has 20 heavy (non-hydrogen) atoms. The molecular weight excluding hydrogens is 276 g/mol. The molecule has 1 heterocycles. The molecular formula is C13H18N4O2S. The average molecular weight is 294 g/mol. The van der Waals surface area contributed by atoms with E-state index in [1.165, 1.54) is 7.05 Å². The fourth-order valence-corrected chi connectivity index (χ4v) is 2.84. The molecule has 0 amide bonds. The minimum absolute atomic E-state index is 0.257. The van der Waals surface area contributed by atoms with Gasteiger partial charge in [-0.05, 0) is 25.2 Å². The van der Waals surface area contributed by atoms with E-state index < -0.39 is 10.0 Å². The van der Waals surface area contributed by atoms with Crippen LogP contribution in [-0.4, -0.2) is 31.8 Å². The zero-order valence-electron chi connectivity index (χ0n) is 11.5. The topological polar surface area (TPSA) is 76.0 Å². The first-order valence-electron chi connectivity index (χ1n) is 6.28. The van der Waals surface area contributed by atoms with Gasteiger partial charge in [0.05, 0.1) is 5.69 Å². The summed E-state index contributed by atoms with van der Waals surface area (Å²) in [6.45, 7) is 0.635. The quantitative estimate of drug-likeness (QED) is 0.833. The van der Waals surface area contributed by atoms with Gasteiger partial charge in [0.15, 0.2) is 0 Å². The van der Waals surface area contributed by atoms with Gasteiger partial charge in [-0.25, -0.2) is 13.1 Å². The van der Waals surface area contributed by atoms with Crippen LogP contribution in [0.3, 0.4) is 0 Å². The molecule has 1 aromatic heterocycles. The van der Waals surface area contributed by atoms with Crippen molar-refractivity contribution in [1.29, 1.82) is 0 Å². The molecule has 0 radical (unpaired) electrons. The van der Waals surface area contributed by atoms with E-state index in [0.29, 0.717) is 12.2 Å². The molecule has 0 atom stereocenters. The number of nitrogens with one attached hydrogen (secondary N) is 2. The Morgan fingerprint density at radius 1 is 1.25 bits per heavy atom. The summed E-state index contributed by atoms with van der Waals surface area (Å²) in [6.07, 6.45) is 2.51. The molecule has 0 aliphatic rings. The number of nitrogens with zero attached hydrogens (tertiary/aromatic N) is 2. The summed E-state index contributed by atoms with van der Waals surface area (Å²) in [5.41, 5.74) is 1.69. The van der Waals surface area contributed by atoms with Gasteiger partial charge in [0, 0.05) is 31.9 Å². The van der Waals surface area contributed by atoms with Crippen LogP contribution in [0.5, 0.6) is 0 Å². The second-order valence-electron chi connectivity index (χ2n) is 4.33. The van der Waals surface area contributed by atoms with Crippen LogP contribution in [0, 0.1) is 0 Å². The van der Waals surface area contributed by atoms with Crippen molar-refractivity contribution in [3.05, 3.63) is 42.2 Å². The number of aryl methyl sites for hydroxylation is 1. The Bertz CT molecular complexity index is 679. The minimum atomic E-state index is -3.45. The Balaban J connectivity index is 2.09. The van der Waals surface area contributed by atoms with E-state index in [4.69, 9.17) is 0 Å². The monoisotopic (exact) mass is 294 g/mol. The highest BCUT2D eigenvalue weighted by Gasteiger charge is 2.15. The number of benzene rings is 1. The first kappa shape index (κ1) is 14.5. The summed E-state index contributed by atoms with van der Waals surface area (Å²) in [6, 6.07) is 8.79. The normalized spacial score (nSPS) is 11.5. The van der Waals surface area contributed by atoms with Crippen LogP contribution in [0.15, 0.2) is 41.4 Å². The van der Waals surface area contributed by atoms with Crippen molar-refractivity contribution < 1.29 is 8.42 Å². The molecule has 0 bridgehead atoms. The molecule has 108 valence electrons.